The van der Waals surface area contributed by atoms with Crippen molar-refractivity contribution in [1.29, 1.82) is 5.26 Å². The molecule has 2 N–H and O–H groups in total. The summed E-state index contributed by atoms with van der Waals surface area (Å²) in [6, 6.07) is 13.2. The molecule has 3 aromatic heterocycles. The lowest BCUT2D eigenvalue weighted by Crippen LogP contribution is -2.35. The van der Waals surface area contributed by atoms with E-state index in [0.29, 0.717) is 23.2 Å². The number of ether oxygens (including phenoxy) is 1. The van der Waals surface area contributed by atoms with Crippen LogP contribution in [0.3, 0.4) is 0 Å². The van der Waals surface area contributed by atoms with Gasteiger partial charge in [0.2, 0.25) is 0 Å². The number of morpholine rings is 1. The standard InChI is InChI=1S/C25H24FN9O/c1-16-17(12-27)4-2-7-20(16)25-30-23(22(26)24(28)31-25)21-15-35(33-32-21)14-19-6-3-5-18(29-19)13-34-8-10-36-11-9-34/h2-7,15H,8-11,13-14H2,1H3,(H2,28,30,31). The first-order chi connectivity index (χ1) is 17.5. The summed E-state index contributed by atoms with van der Waals surface area (Å²) in [7, 11) is 0. The Morgan fingerprint density at radius 2 is 1.81 bits per heavy atom. The zero-order valence-electron chi connectivity index (χ0n) is 19.7. The largest absolute Gasteiger partial charge is 0.381 e. The van der Waals surface area contributed by atoms with Crippen molar-refractivity contribution in [3.05, 3.63) is 70.9 Å². The van der Waals surface area contributed by atoms with Crippen LogP contribution < -0.4 is 5.73 Å². The van der Waals surface area contributed by atoms with Crippen LogP contribution in [0.2, 0.25) is 0 Å². The van der Waals surface area contributed by atoms with Crippen molar-refractivity contribution in [3.8, 4) is 28.8 Å². The molecule has 0 unspecified atom stereocenters. The highest BCUT2D eigenvalue weighted by Crippen LogP contribution is 2.28. The highest BCUT2D eigenvalue weighted by Gasteiger charge is 2.20. The third-order valence-electron chi connectivity index (χ3n) is 6.03. The highest BCUT2D eigenvalue weighted by molar-refractivity contribution is 5.69. The lowest BCUT2D eigenvalue weighted by atomic mass is 10.0. The van der Waals surface area contributed by atoms with E-state index in [1.807, 2.05) is 18.2 Å². The molecule has 0 saturated carbocycles. The topological polar surface area (TPSA) is 132 Å². The lowest BCUT2D eigenvalue weighted by molar-refractivity contribution is 0.0336. The van der Waals surface area contributed by atoms with Gasteiger partial charge in [-0.3, -0.25) is 9.88 Å². The highest BCUT2D eigenvalue weighted by atomic mass is 19.1. The van der Waals surface area contributed by atoms with Crippen molar-refractivity contribution in [2.45, 2.75) is 20.0 Å². The van der Waals surface area contributed by atoms with Crippen LogP contribution in [-0.2, 0) is 17.8 Å². The summed E-state index contributed by atoms with van der Waals surface area (Å²) >= 11 is 0. The molecule has 0 amide bonds. The van der Waals surface area contributed by atoms with Crippen LogP contribution >= 0.6 is 0 Å². The molecule has 0 spiro atoms. The molecule has 182 valence electrons. The fraction of sp³-hybridized carbons (Fsp3) is 0.280. The number of hydrogen-bond donors (Lipinski definition) is 1. The zero-order valence-corrected chi connectivity index (χ0v) is 19.7. The maximum atomic E-state index is 14.9. The Labute approximate surface area is 207 Å². The van der Waals surface area contributed by atoms with Crippen LogP contribution in [0.5, 0.6) is 0 Å². The van der Waals surface area contributed by atoms with Crippen LogP contribution in [0.15, 0.2) is 42.6 Å². The molecule has 4 heterocycles. The number of benzene rings is 1. The predicted octanol–water partition coefficient (Wildman–Crippen LogP) is 2.58. The first kappa shape index (κ1) is 23.5. The molecular weight excluding hydrogens is 461 g/mol. The van der Waals surface area contributed by atoms with Gasteiger partial charge in [0, 0.05) is 25.2 Å². The van der Waals surface area contributed by atoms with Gasteiger partial charge in [-0.15, -0.1) is 5.10 Å². The molecule has 1 aromatic carbocycles. The van der Waals surface area contributed by atoms with E-state index in [1.165, 1.54) is 0 Å². The van der Waals surface area contributed by atoms with Gasteiger partial charge in [0.05, 0.1) is 49.0 Å². The van der Waals surface area contributed by atoms with Gasteiger partial charge in [-0.2, -0.15) is 5.26 Å². The Kier molecular flexibility index (Phi) is 6.62. The molecule has 4 aromatic rings. The number of aromatic nitrogens is 6. The van der Waals surface area contributed by atoms with Gasteiger partial charge in [0.1, 0.15) is 11.4 Å². The van der Waals surface area contributed by atoms with E-state index in [-0.39, 0.29) is 23.0 Å². The predicted molar refractivity (Wildman–Crippen MR) is 130 cm³/mol. The van der Waals surface area contributed by atoms with Crippen molar-refractivity contribution in [2.24, 2.45) is 0 Å². The SMILES string of the molecule is Cc1c(C#N)cccc1-c1nc(N)c(F)c(-c2cn(Cc3cccc(CN4CCOCC4)n3)nn2)n1. The Balaban J connectivity index is 1.39. The van der Waals surface area contributed by atoms with E-state index >= 15 is 0 Å². The van der Waals surface area contributed by atoms with E-state index in [2.05, 4.69) is 31.2 Å². The van der Waals surface area contributed by atoms with E-state index in [1.54, 1.807) is 36.0 Å². The van der Waals surface area contributed by atoms with Gasteiger partial charge in [-0.1, -0.05) is 23.4 Å². The number of nitrogens with two attached hydrogens (primary N) is 1. The Bertz CT molecular complexity index is 1440. The third kappa shape index (κ3) is 4.91. The molecule has 0 radical (unpaired) electrons. The Hall–Kier alpha value is -4.27. The number of nitrogens with zero attached hydrogens (tertiary/aromatic N) is 8. The minimum atomic E-state index is -0.773. The van der Waals surface area contributed by atoms with Crippen LogP contribution in [0.1, 0.15) is 22.5 Å². The van der Waals surface area contributed by atoms with Gasteiger partial charge in [-0.25, -0.2) is 19.0 Å². The quantitative estimate of drug-likeness (QED) is 0.438. The molecule has 0 atom stereocenters. The van der Waals surface area contributed by atoms with Gasteiger partial charge >= 0.3 is 0 Å². The average molecular weight is 486 g/mol. The second-order valence-electron chi connectivity index (χ2n) is 8.50. The fourth-order valence-electron chi connectivity index (χ4n) is 4.10. The summed E-state index contributed by atoms with van der Waals surface area (Å²) in [6.07, 6.45) is 1.60. The number of nitrogen functional groups attached to an aromatic ring is 1. The van der Waals surface area contributed by atoms with Crippen LogP contribution in [0, 0.1) is 24.1 Å². The second-order valence-corrected chi connectivity index (χ2v) is 8.50. The maximum absolute atomic E-state index is 14.9. The van der Waals surface area contributed by atoms with Gasteiger partial charge < -0.3 is 10.5 Å². The monoisotopic (exact) mass is 485 g/mol. The number of rotatable bonds is 6. The molecule has 1 fully saturated rings. The molecule has 1 saturated heterocycles. The number of pyridine rings is 1. The number of hydrogen-bond acceptors (Lipinski definition) is 9. The molecule has 5 rings (SSSR count). The normalized spacial score (nSPS) is 14.0. The number of nitriles is 1. The van der Waals surface area contributed by atoms with E-state index in [9.17, 15) is 9.65 Å². The summed E-state index contributed by atoms with van der Waals surface area (Å²) < 4.78 is 21.9. The summed E-state index contributed by atoms with van der Waals surface area (Å²) in [6.45, 7) is 6.13. The minimum absolute atomic E-state index is 0.0560. The first-order valence-electron chi connectivity index (χ1n) is 11.5. The van der Waals surface area contributed by atoms with Gasteiger partial charge in [0.15, 0.2) is 17.5 Å². The van der Waals surface area contributed by atoms with E-state index < -0.39 is 5.82 Å². The second kappa shape index (κ2) is 10.2. The van der Waals surface area contributed by atoms with Crippen LogP contribution in [0.4, 0.5) is 10.2 Å². The summed E-state index contributed by atoms with van der Waals surface area (Å²) in [4.78, 5) is 15.5. The van der Waals surface area contributed by atoms with Crippen molar-refractivity contribution in [3.63, 3.8) is 0 Å². The van der Waals surface area contributed by atoms with Crippen LogP contribution in [0.25, 0.3) is 22.8 Å². The minimum Gasteiger partial charge on any atom is -0.381 e. The Morgan fingerprint density at radius 3 is 2.58 bits per heavy atom. The molecule has 0 aliphatic carbocycles. The van der Waals surface area contributed by atoms with Crippen molar-refractivity contribution in [1.82, 2.24) is 34.8 Å². The number of anilines is 1. The fourth-order valence-corrected chi connectivity index (χ4v) is 4.10. The molecule has 10 nitrogen and oxygen atoms in total. The number of halogens is 1. The molecule has 36 heavy (non-hydrogen) atoms. The molecule has 1 aliphatic heterocycles. The average Bonchev–Trinajstić information content (AvgIpc) is 3.35. The van der Waals surface area contributed by atoms with E-state index in [0.717, 1.165) is 44.2 Å². The summed E-state index contributed by atoms with van der Waals surface area (Å²) in [5, 5.41) is 17.6. The van der Waals surface area contributed by atoms with Crippen LogP contribution in [-0.4, -0.2) is 61.1 Å². The third-order valence-corrected chi connectivity index (χ3v) is 6.03. The smallest absolute Gasteiger partial charge is 0.193 e. The van der Waals surface area contributed by atoms with Crippen molar-refractivity contribution < 1.29 is 9.13 Å². The summed E-state index contributed by atoms with van der Waals surface area (Å²) in [5.41, 5.74) is 9.57. The maximum Gasteiger partial charge on any atom is 0.193 e. The molecular formula is C25H24FN9O. The lowest BCUT2D eigenvalue weighted by Gasteiger charge is -2.26. The van der Waals surface area contributed by atoms with Gasteiger partial charge in [0.25, 0.3) is 0 Å². The zero-order chi connectivity index (χ0) is 25.1. The van der Waals surface area contributed by atoms with Crippen molar-refractivity contribution in [2.75, 3.05) is 32.0 Å². The molecule has 1 aliphatic rings. The van der Waals surface area contributed by atoms with E-state index in [4.69, 9.17) is 15.5 Å². The summed E-state index contributed by atoms with van der Waals surface area (Å²) in [5.74, 6) is -0.861. The molecule has 11 heteroatoms. The first-order valence-corrected chi connectivity index (χ1v) is 11.5. The molecule has 0 bridgehead atoms. The Morgan fingerprint density at radius 1 is 1.06 bits per heavy atom. The van der Waals surface area contributed by atoms with Crippen molar-refractivity contribution >= 4 is 5.82 Å². The van der Waals surface area contributed by atoms with Gasteiger partial charge in [-0.05, 0) is 30.7 Å².